The van der Waals surface area contributed by atoms with E-state index in [1.165, 1.54) is 0 Å². The third kappa shape index (κ3) is 6.42. The zero-order valence-corrected chi connectivity index (χ0v) is 18.3. The lowest BCUT2D eigenvalue weighted by Gasteiger charge is -2.45. The van der Waals surface area contributed by atoms with Crippen LogP contribution in [0, 0.1) is 23.2 Å². The Kier molecular flexibility index (Phi) is 7.66. The number of hydrogen-bond acceptors (Lipinski definition) is 8. The van der Waals surface area contributed by atoms with Crippen molar-refractivity contribution in [1.29, 1.82) is 5.26 Å². The average Bonchev–Trinajstić information content (AvgIpc) is 2.72. The fourth-order valence-corrected chi connectivity index (χ4v) is 4.40. The Balaban J connectivity index is 1.64. The first-order chi connectivity index (χ1) is 15.2. The molecule has 0 saturated carbocycles. The molecule has 2 aliphatic rings. The number of hydrogen-bond donors (Lipinski definition) is 2. The van der Waals surface area contributed by atoms with E-state index in [-0.39, 0.29) is 6.10 Å². The summed E-state index contributed by atoms with van der Waals surface area (Å²) in [6.45, 7) is 6.76. The molecule has 0 aromatic heterocycles. The second-order valence-corrected chi connectivity index (χ2v) is 8.67. The van der Waals surface area contributed by atoms with Crippen molar-refractivity contribution in [3.63, 3.8) is 0 Å². The van der Waals surface area contributed by atoms with Crippen LogP contribution in [0.4, 0.5) is 4.79 Å². The summed E-state index contributed by atoms with van der Waals surface area (Å²) in [7, 11) is 0. The summed E-state index contributed by atoms with van der Waals surface area (Å²) in [4.78, 5) is 42.7. The number of piperidine rings is 2. The number of hydroxylamine groups is 2. The van der Waals surface area contributed by atoms with E-state index in [4.69, 9.17) is 20.6 Å². The number of nitrogens with zero attached hydrogens (tertiary/aromatic N) is 3. The predicted molar refractivity (Wildman–Crippen MR) is 114 cm³/mol. The van der Waals surface area contributed by atoms with Crippen LogP contribution in [0.2, 0.25) is 0 Å². The van der Waals surface area contributed by atoms with Crippen LogP contribution in [-0.4, -0.2) is 66.8 Å². The standard InChI is InChI=1S/C22H29N5O5/c1-14(2)31-22(30)32-27-11-16-7-17(12-27)10-26(9-16)13-19(25-21(29)20(24)28)18-5-3-15(8-23)4-6-18/h3-6,14,16-17,19H,7,9-13H2,1-2H3,(H2,24,28)(H,25,29). The molecule has 0 spiro atoms. The molecule has 3 rings (SSSR count). The summed E-state index contributed by atoms with van der Waals surface area (Å²) in [5, 5.41) is 13.4. The first-order valence-electron chi connectivity index (χ1n) is 10.7. The van der Waals surface area contributed by atoms with E-state index in [2.05, 4.69) is 16.3 Å². The van der Waals surface area contributed by atoms with Crippen LogP contribution in [0.15, 0.2) is 24.3 Å². The maximum atomic E-state index is 12.0. The third-order valence-corrected chi connectivity index (χ3v) is 5.57. The number of nitriles is 1. The molecule has 2 amide bonds. The molecule has 1 aromatic carbocycles. The molecule has 0 radical (unpaired) electrons. The van der Waals surface area contributed by atoms with Crippen molar-refractivity contribution in [2.75, 3.05) is 32.7 Å². The van der Waals surface area contributed by atoms with E-state index < -0.39 is 24.0 Å². The molecule has 2 saturated heterocycles. The number of carbonyl (C=O) groups is 3. The molecular weight excluding hydrogens is 414 g/mol. The van der Waals surface area contributed by atoms with E-state index in [0.29, 0.717) is 37.0 Å². The molecule has 1 aromatic rings. The highest BCUT2D eigenvalue weighted by Crippen LogP contribution is 2.30. The second kappa shape index (κ2) is 10.4. The molecule has 10 heteroatoms. The fraction of sp³-hybridized carbons (Fsp3) is 0.545. The van der Waals surface area contributed by atoms with Gasteiger partial charge in [-0.25, -0.2) is 4.79 Å². The number of likely N-dealkylation sites (tertiary alicyclic amines) is 1. The Hall–Kier alpha value is -3.16. The van der Waals surface area contributed by atoms with Gasteiger partial charge < -0.3 is 25.5 Å². The van der Waals surface area contributed by atoms with Gasteiger partial charge in [0, 0.05) is 32.7 Å². The van der Waals surface area contributed by atoms with Crippen molar-refractivity contribution < 1.29 is 24.0 Å². The summed E-state index contributed by atoms with van der Waals surface area (Å²) in [5.74, 6) is -1.30. The normalized spacial score (nSPS) is 21.9. The van der Waals surface area contributed by atoms with Crippen molar-refractivity contribution >= 4 is 18.0 Å². The van der Waals surface area contributed by atoms with Gasteiger partial charge in [-0.3, -0.25) is 9.59 Å². The van der Waals surface area contributed by atoms with Crippen LogP contribution in [0.25, 0.3) is 0 Å². The number of ether oxygens (including phenoxy) is 1. The van der Waals surface area contributed by atoms with Gasteiger partial charge in [0.2, 0.25) is 0 Å². The molecule has 3 unspecified atom stereocenters. The highest BCUT2D eigenvalue weighted by molar-refractivity contribution is 6.34. The molecule has 172 valence electrons. The van der Waals surface area contributed by atoms with Gasteiger partial charge in [0.05, 0.1) is 23.8 Å². The zero-order valence-electron chi connectivity index (χ0n) is 18.3. The Morgan fingerprint density at radius 2 is 1.78 bits per heavy atom. The van der Waals surface area contributed by atoms with Crippen LogP contribution in [-0.2, 0) is 19.2 Å². The smallest absolute Gasteiger partial charge is 0.430 e. The van der Waals surface area contributed by atoms with Gasteiger partial charge in [-0.15, -0.1) is 5.06 Å². The van der Waals surface area contributed by atoms with Gasteiger partial charge in [-0.1, -0.05) is 12.1 Å². The second-order valence-electron chi connectivity index (χ2n) is 8.67. The van der Waals surface area contributed by atoms with Gasteiger partial charge in [0.1, 0.15) is 0 Å². The van der Waals surface area contributed by atoms with E-state index in [9.17, 15) is 14.4 Å². The molecule has 3 N–H and O–H groups in total. The van der Waals surface area contributed by atoms with E-state index in [1.807, 2.05) is 0 Å². The summed E-state index contributed by atoms with van der Waals surface area (Å²) in [6, 6.07) is 8.51. The number of nitrogens with one attached hydrogen (secondary N) is 1. The summed E-state index contributed by atoms with van der Waals surface area (Å²) in [6.07, 6.45) is 0.106. The minimum absolute atomic E-state index is 0.239. The largest absolute Gasteiger partial charge is 0.528 e. The number of rotatable bonds is 6. The molecular formula is C22H29N5O5. The van der Waals surface area contributed by atoms with Gasteiger partial charge in [0.15, 0.2) is 0 Å². The lowest BCUT2D eigenvalue weighted by Crippen LogP contribution is -2.54. The first-order valence-corrected chi connectivity index (χ1v) is 10.7. The Bertz CT molecular complexity index is 868. The number of carbonyl (C=O) groups excluding carboxylic acids is 3. The average molecular weight is 444 g/mol. The van der Waals surface area contributed by atoms with Crippen molar-refractivity contribution in [3.05, 3.63) is 35.4 Å². The van der Waals surface area contributed by atoms with E-state index in [1.54, 1.807) is 43.2 Å². The van der Waals surface area contributed by atoms with Gasteiger partial charge in [-0.05, 0) is 49.8 Å². The van der Waals surface area contributed by atoms with Crippen molar-refractivity contribution in [1.82, 2.24) is 15.3 Å². The summed E-state index contributed by atoms with van der Waals surface area (Å²) >= 11 is 0. The Labute approximate surface area is 187 Å². The molecule has 32 heavy (non-hydrogen) atoms. The van der Waals surface area contributed by atoms with Crippen molar-refractivity contribution in [2.45, 2.75) is 32.4 Å². The number of fused-ring (bicyclic) bond motifs is 2. The number of amides is 2. The highest BCUT2D eigenvalue weighted by Gasteiger charge is 2.37. The van der Waals surface area contributed by atoms with Crippen LogP contribution in [0.3, 0.4) is 0 Å². The molecule has 2 bridgehead atoms. The van der Waals surface area contributed by atoms with Gasteiger partial charge in [0.25, 0.3) is 0 Å². The maximum Gasteiger partial charge on any atom is 0.528 e. The monoisotopic (exact) mass is 443 g/mol. The topological polar surface area (TPSA) is 138 Å². The van der Waals surface area contributed by atoms with Gasteiger partial charge >= 0.3 is 18.0 Å². The van der Waals surface area contributed by atoms with Crippen LogP contribution in [0.1, 0.15) is 37.4 Å². The number of primary amides is 1. The van der Waals surface area contributed by atoms with E-state index in [0.717, 1.165) is 25.1 Å². The van der Waals surface area contributed by atoms with Crippen molar-refractivity contribution in [2.24, 2.45) is 17.6 Å². The highest BCUT2D eigenvalue weighted by atomic mass is 16.8. The molecule has 0 aliphatic carbocycles. The quantitative estimate of drug-likeness (QED) is 0.489. The molecule has 3 atom stereocenters. The molecule has 10 nitrogen and oxygen atoms in total. The minimum atomic E-state index is -1.04. The van der Waals surface area contributed by atoms with Gasteiger partial charge in [-0.2, -0.15) is 5.26 Å². The Morgan fingerprint density at radius 3 is 2.31 bits per heavy atom. The molecule has 2 aliphatic heterocycles. The number of nitrogens with two attached hydrogens (primary N) is 1. The van der Waals surface area contributed by atoms with Crippen LogP contribution < -0.4 is 11.1 Å². The SMILES string of the molecule is CC(C)OC(=O)ON1CC2CC(CN(CC(NC(=O)C(N)=O)c3ccc(C#N)cc3)C2)C1. The fourth-order valence-electron chi connectivity index (χ4n) is 4.40. The summed E-state index contributed by atoms with van der Waals surface area (Å²) in [5.41, 5.74) is 6.44. The molecule has 2 fully saturated rings. The number of benzene rings is 1. The van der Waals surface area contributed by atoms with Crippen LogP contribution in [0.5, 0.6) is 0 Å². The zero-order chi connectivity index (χ0) is 23.3. The molecule has 2 heterocycles. The summed E-state index contributed by atoms with van der Waals surface area (Å²) < 4.78 is 5.06. The Morgan fingerprint density at radius 1 is 1.16 bits per heavy atom. The van der Waals surface area contributed by atoms with E-state index >= 15 is 0 Å². The minimum Gasteiger partial charge on any atom is -0.430 e. The third-order valence-electron chi connectivity index (χ3n) is 5.57. The maximum absolute atomic E-state index is 12.0. The van der Waals surface area contributed by atoms with Crippen molar-refractivity contribution in [3.8, 4) is 6.07 Å². The lowest BCUT2D eigenvalue weighted by molar-refractivity contribution is -0.172. The first kappa shape index (κ1) is 23.5. The predicted octanol–water partition coefficient (Wildman–Crippen LogP) is 0.931. The van der Waals surface area contributed by atoms with Crippen LogP contribution >= 0.6 is 0 Å². The lowest BCUT2D eigenvalue weighted by atomic mass is 9.85.